The lowest BCUT2D eigenvalue weighted by molar-refractivity contribution is -0.119. The molecule has 1 atom stereocenters. The van der Waals surface area contributed by atoms with Gasteiger partial charge in [-0.05, 0) is 32.1 Å². The summed E-state index contributed by atoms with van der Waals surface area (Å²) < 4.78 is 55.7. The fourth-order valence-electron chi connectivity index (χ4n) is 3.58. The van der Waals surface area contributed by atoms with Gasteiger partial charge in [-0.25, -0.2) is 27.2 Å². The zero-order valence-electron chi connectivity index (χ0n) is 18.4. The van der Waals surface area contributed by atoms with Crippen LogP contribution in [0.3, 0.4) is 0 Å². The number of rotatable bonds is 10. The molecule has 1 unspecified atom stereocenters. The Balaban J connectivity index is 1.92. The van der Waals surface area contributed by atoms with Gasteiger partial charge in [0, 0.05) is 13.1 Å². The molecule has 1 N–H and O–H groups in total. The standard InChI is InChI=1S/C21H25ClF4N6O/c1-4-30(5-2)10-11-31-14-9-7-6-8-13(14)27-21(31)28-20(33)12(3)32-17(19(25)26)15(22)16(29-32)18(23)24/h6-9,12,18-19H,4-5,10-11H2,1-3H3,(H,27,28,33). The molecule has 180 valence electrons. The van der Waals surface area contributed by atoms with Gasteiger partial charge in [-0.3, -0.25) is 10.1 Å². The van der Waals surface area contributed by atoms with Gasteiger partial charge in [0.15, 0.2) is 0 Å². The molecule has 0 aliphatic heterocycles. The Bertz CT molecular complexity index is 1110. The second kappa shape index (κ2) is 10.5. The molecule has 0 spiro atoms. The van der Waals surface area contributed by atoms with E-state index in [0.717, 1.165) is 18.6 Å². The Labute approximate surface area is 193 Å². The molecule has 12 heteroatoms. The number of imidazole rings is 1. The lowest BCUT2D eigenvalue weighted by Crippen LogP contribution is -2.29. The van der Waals surface area contributed by atoms with Crippen LogP contribution in [-0.4, -0.2) is 49.8 Å². The van der Waals surface area contributed by atoms with Crippen LogP contribution in [0.2, 0.25) is 5.02 Å². The number of aromatic nitrogens is 4. The topological polar surface area (TPSA) is 68.0 Å². The molecule has 0 fully saturated rings. The SMILES string of the molecule is CCN(CC)CCn1c(NC(=O)C(C)n2nc(C(F)F)c(Cl)c2C(F)F)nc2ccccc21. The van der Waals surface area contributed by atoms with Gasteiger partial charge < -0.3 is 9.47 Å². The molecule has 2 aromatic heterocycles. The van der Waals surface area contributed by atoms with Crippen LogP contribution in [-0.2, 0) is 11.3 Å². The second-order valence-corrected chi connectivity index (χ2v) is 7.78. The molecule has 1 amide bonds. The highest BCUT2D eigenvalue weighted by molar-refractivity contribution is 6.32. The monoisotopic (exact) mass is 488 g/mol. The van der Waals surface area contributed by atoms with E-state index in [1.165, 1.54) is 6.92 Å². The molecule has 2 heterocycles. The Morgan fingerprint density at radius 3 is 2.42 bits per heavy atom. The van der Waals surface area contributed by atoms with E-state index < -0.39 is 41.2 Å². The Morgan fingerprint density at radius 1 is 1.15 bits per heavy atom. The average molecular weight is 489 g/mol. The van der Waals surface area contributed by atoms with E-state index in [0.29, 0.717) is 23.3 Å². The van der Waals surface area contributed by atoms with Crippen LogP contribution in [0.15, 0.2) is 24.3 Å². The first kappa shape index (κ1) is 25.0. The highest BCUT2D eigenvalue weighted by Gasteiger charge is 2.32. The van der Waals surface area contributed by atoms with Gasteiger partial charge in [-0.1, -0.05) is 37.6 Å². The predicted octanol–water partition coefficient (Wildman–Crippen LogP) is 5.30. The average Bonchev–Trinajstić information content (AvgIpc) is 3.31. The van der Waals surface area contributed by atoms with Crippen molar-refractivity contribution in [3.8, 4) is 0 Å². The number of amides is 1. The lowest BCUT2D eigenvalue weighted by Gasteiger charge is -2.20. The number of para-hydroxylation sites is 2. The minimum Gasteiger partial charge on any atom is -0.309 e. The summed E-state index contributed by atoms with van der Waals surface area (Å²) in [7, 11) is 0. The number of anilines is 1. The van der Waals surface area contributed by atoms with Gasteiger partial charge in [0.2, 0.25) is 5.95 Å². The molecule has 1 aromatic carbocycles. The maximum absolute atomic E-state index is 13.5. The number of hydrogen-bond donors (Lipinski definition) is 1. The van der Waals surface area contributed by atoms with Crippen LogP contribution in [0.25, 0.3) is 11.0 Å². The Morgan fingerprint density at radius 2 is 1.82 bits per heavy atom. The summed E-state index contributed by atoms with van der Waals surface area (Å²) >= 11 is 5.71. The van der Waals surface area contributed by atoms with Gasteiger partial charge in [0.1, 0.15) is 17.4 Å². The van der Waals surface area contributed by atoms with Crippen molar-refractivity contribution in [3.05, 3.63) is 40.7 Å². The number of benzene rings is 1. The smallest absolute Gasteiger partial charge is 0.283 e. The number of nitrogens with one attached hydrogen (secondary N) is 1. The summed E-state index contributed by atoms with van der Waals surface area (Å²) in [6.07, 6.45) is -6.35. The first-order valence-corrected chi connectivity index (χ1v) is 10.9. The first-order chi connectivity index (χ1) is 15.7. The van der Waals surface area contributed by atoms with Gasteiger partial charge in [-0.15, -0.1) is 0 Å². The Hall–Kier alpha value is -2.66. The van der Waals surface area contributed by atoms with Gasteiger partial charge in [-0.2, -0.15) is 5.10 Å². The zero-order chi connectivity index (χ0) is 24.3. The van der Waals surface area contributed by atoms with E-state index in [1.807, 2.05) is 36.6 Å². The largest absolute Gasteiger partial charge is 0.309 e. The maximum atomic E-state index is 13.5. The van der Waals surface area contributed by atoms with E-state index in [2.05, 4.69) is 20.3 Å². The minimum atomic E-state index is -3.19. The zero-order valence-corrected chi connectivity index (χ0v) is 19.2. The van der Waals surface area contributed by atoms with Crippen molar-refractivity contribution in [2.75, 3.05) is 25.0 Å². The fraction of sp³-hybridized carbons (Fsp3) is 0.476. The molecule has 0 saturated carbocycles. The third-order valence-corrected chi connectivity index (χ3v) is 5.88. The molecule has 7 nitrogen and oxygen atoms in total. The summed E-state index contributed by atoms with van der Waals surface area (Å²) in [5.74, 6) is -0.512. The number of carbonyl (C=O) groups excluding carboxylic acids is 1. The van der Waals surface area contributed by atoms with Gasteiger partial charge in [0.05, 0.1) is 16.1 Å². The third-order valence-electron chi connectivity index (χ3n) is 5.50. The number of hydrogen-bond acceptors (Lipinski definition) is 4. The summed E-state index contributed by atoms with van der Waals surface area (Å²) in [5.41, 5.74) is -0.471. The second-order valence-electron chi connectivity index (χ2n) is 7.40. The van der Waals surface area contributed by atoms with Crippen LogP contribution in [0.4, 0.5) is 23.5 Å². The van der Waals surface area contributed by atoms with Crippen molar-refractivity contribution in [3.63, 3.8) is 0 Å². The maximum Gasteiger partial charge on any atom is 0.283 e. The van der Waals surface area contributed by atoms with Crippen LogP contribution in [0.5, 0.6) is 0 Å². The normalized spacial score (nSPS) is 12.9. The molecule has 33 heavy (non-hydrogen) atoms. The molecule has 0 aliphatic rings. The third kappa shape index (κ3) is 5.14. The van der Waals surface area contributed by atoms with Crippen molar-refractivity contribution in [1.29, 1.82) is 0 Å². The van der Waals surface area contributed by atoms with Crippen molar-refractivity contribution in [2.24, 2.45) is 0 Å². The van der Waals surface area contributed by atoms with Crippen LogP contribution < -0.4 is 5.32 Å². The van der Waals surface area contributed by atoms with Crippen molar-refractivity contribution < 1.29 is 22.4 Å². The molecular weight excluding hydrogens is 464 g/mol. The first-order valence-electron chi connectivity index (χ1n) is 10.5. The van der Waals surface area contributed by atoms with E-state index >= 15 is 0 Å². The number of likely N-dealkylation sites (N-methyl/N-ethyl adjacent to an activating group) is 1. The van der Waals surface area contributed by atoms with Crippen LogP contribution in [0, 0.1) is 0 Å². The molecule has 3 aromatic rings. The van der Waals surface area contributed by atoms with Crippen molar-refractivity contribution in [2.45, 2.75) is 46.2 Å². The molecule has 3 rings (SSSR count). The van der Waals surface area contributed by atoms with Crippen molar-refractivity contribution in [1.82, 2.24) is 24.2 Å². The van der Waals surface area contributed by atoms with E-state index in [9.17, 15) is 22.4 Å². The number of alkyl halides is 4. The molecule has 0 radical (unpaired) electrons. The van der Waals surface area contributed by atoms with Crippen molar-refractivity contribution >= 4 is 34.5 Å². The molecule has 0 bridgehead atoms. The number of fused-ring (bicyclic) bond motifs is 1. The summed E-state index contributed by atoms with van der Waals surface area (Å²) in [4.78, 5) is 19.6. The lowest BCUT2D eigenvalue weighted by atomic mass is 10.3. The summed E-state index contributed by atoms with van der Waals surface area (Å²) in [5, 5.41) is 5.30. The highest BCUT2D eigenvalue weighted by Crippen LogP contribution is 2.36. The van der Waals surface area contributed by atoms with Gasteiger partial charge in [0.25, 0.3) is 18.8 Å². The summed E-state index contributed by atoms with van der Waals surface area (Å²) in [6, 6.07) is 5.97. The van der Waals surface area contributed by atoms with E-state index in [1.54, 1.807) is 6.07 Å². The fourth-order valence-corrected chi connectivity index (χ4v) is 3.87. The molecule has 0 aliphatic carbocycles. The quantitative estimate of drug-likeness (QED) is 0.393. The molecular formula is C21H25ClF4N6O. The summed E-state index contributed by atoms with van der Waals surface area (Å²) in [6.45, 7) is 8.30. The van der Waals surface area contributed by atoms with Gasteiger partial charge >= 0.3 is 0 Å². The predicted molar refractivity (Wildman–Crippen MR) is 118 cm³/mol. The highest BCUT2D eigenvalue weighted by atomic mass is 35.5. The number of nitrogens with zero attached hydrogens (tertiary/aromatic N) is 5. The Kier molecular flexibility index (Phi) is 7.96. The van der Waals surface area contributed by atoms with Crippen LogP contribution in [0.1, 0.15) is 51.1 Å². The molecule has 0 saturated heterocycles. The number of halogens is 5. The van der Waals surface area contributed by atoms with Crippen LogP contribution >= 0.6 is 11.6 Å². The van der Waals surface area contributed by atoms with E-state index in [4.69, 9.17) is 11.6 Å². The number of carbonyl (C=O) groups is 1. The van der Waals surface area contributed by atoms with E-state index in [-0.39, 0.29) is 5.95 Å². The minimum absolute atomic E-state index is 0.228.